The Balaban J connectivity index is 2.06. The number of hydrogen-bond donors (Lipinski definition) is 3. The normalized spacial score (nSPS) is 11.9. The molecule has 0 radical (unpaired) electrons. The Kier molecular flexibility index (Phi) is 9.11. The van der Waals surface area contributed by atoms with Crippen LogP contribution in [-0.4, -0.2) is 48.9 Å². The van der Waals surface area contributed by atoms with E-state index in [-0.39, 0.29) is 37.1 Å². The molecule has 0 saturated heterocycles. The van der Waals surface area contributed by atoms with Crippen molar-refractivity contribution in [1.82, 2.24) is 5.32 Å². The Morgan fingerprint density at radius 3 is 2.69 bits per heavy atom. The molecule has 2 rings (SSSR count). The number of aliphatic hydroxyl groups is 1. The number of nitrogens with one attached hydrogen (secondary N) is 2. The number of esters is 1. The summed E-state index contributed by atoms with van der Waals surface area (Å²) < 4.78 is 10.7. The van der Waals surface area contributed by atoms with Gasteiger partial charge < -0.3 is 25.2 Å². The molecule has 0 saturated carbocycles. The van der Waals surface area contributed by atoms with Gasteiger partial charge in [-0.15, -0.1) is 0 Å². The lowest BCUT2D eigenvalue weighted by Crippen LogP contribution is -2.35. The van der Waals surface area contributed by atoms with Crippen LogP contribution in [0.2, 0.25) is 0 Å². The van der Waals surface area contributed by atoms with Crippen molar-refractivity contribution in [3.8, 4) is 5.75 Å². The fraction of sp³-hybridized carbons (Fsp3) is 0.429. The maximum atomic E-state index is 12.3. The van der Waals surface area contributed by atoms with E-state index in [0.29, 0.717) is 18.0 Å². The van der Waals surface area contributed by atoms with Gasteiger partial charge >= 0.3 is 5.97 Å². The van der Waals surface area contributed by atoms with Gasteiger partial charge in [0.2, 0.25) is 5.91 Å². The molecule has 0 spiro atoms. The first-order valence-corrected chi connectivity index (χ1v) is 10.5. The molecule has 0 aliphatic heterocycles. The van der Waals surface area contributed by atoms with Crippen molar-refractivity contribution in [3.05, 3.63) is 46.2 Å². The first-order chi connectivity index (χ1) is 13.9. The van der Waals surface area contributed by atoms with Crippen molar-refractivity contribution in [1.29, 1.82) is 0 Å². The zero-order valence-corrected chi connectivity index (χ0v) is 17.8. The van der Waals surface area contributed by atoms with Gasteiger partial charge in [0.15, 0.2) is 0 Å². The quantitative estimate of drug-likeness (QED) is 0.484. The Morgan fingerprint density at radius 2 is 2.03 bits per heavy atom. The van der Waals surface area contributed by atoms with Crippen LogP contribution in [0.25, 0.3) is 0 Å². The summed E-state index contributed by atoms with van der Waals surface area (Å²) in [4.78, 5) is 24.6. The molecule has 0 aliphatic carbocycles. The van der Waals surface area contributed by atoms with E-state index < -0.39 is 12.1 Å². The standard InChI is InChI=1S/C21H28N2O5S/c1-4-27-21(26)18-10-16(23-20(25)9-15-7-8-29-13-15)5-6-19(18)28-12-17(24)11-22-14(2)3/h5-8,10,13-14,17,22,24H,4,9,11-12H2,1-3H3,(H,23,25). The highest BCUT2D eigenvalue weighted by Gasteiger charge is 2.17. The second-order valence-electron chi connectivity index (χ2n) is 6.82. The maximum absolute atomic E-state index is 12.3. The molecule has 158 valence electrons. The molecule has 0 bridgehead atoms. The van der Waals surface area contributed by atoms with E-state index in [1.165, 1.54) is 17.4 Å². The summed E-state index contributed by atoms with van der Waals surface area (Å²) in [5, 5.41) is 19.8. The molecule has 2 aromatic rings. The van der Waals surface area contributed by atoms with Crippen LogP contribution < -0.4 is 15.4 Å². The minimum absolute atomic E-state index is 0.0238. The van der Waals surface area contributed by atoms with Crippen LogP contribution >= 0.6 is 11.3 Å². The summed E-state index contributed by atoms with van der Waals surface area (Å²) in [7, 11) is 0. The minimum Gasteiger partial charge on any atom is -0.490 e. The lowest BCUT2D eigenvalue weighted by molar-refractivity contribution is -0.115. The highest BCUT2D eigenvalue weighted by molar-refractivity contribution is 7.08. The number of hydrogen-bond acceptors (Lipinski definition) is 7. The van der Waals surface area contributed by atoms with Crippen LogP contribution in [0, 0.1) is 0 Å². The first-order valence-electron chi connectivity index (χ1n) is 9.55. The molecule has 1 aromatic carbocycles. The van der Waals surface area contributed by atoms with Gasteiger partial charge in [0, 0.05) is 18.3 Å². The van der Waals surface area contributed by atoms with Crippen LogP contribution in [0.15, 0.2) is 35.0 Å². The van der Waals surface area contributed by atoms with Gasteiger partial charge in [-0.2, -0.15) is 11.3 Å². The fourth-order valence-corrected chi connectivity index (χ4v) is 3.17. The third-order valence-electron chi connectivity index (χ3n) is 3.90. The van der Waals surface area contributed by atoms with Gasteiger partial charge in [0.1, 0.15) is 24.0 Å². The van der Waals surface area contributed by atoms with Crippen molar-refractivity contribution in [3.63, 3.8) is 0 Å². The van der Waals surface area contributed by atoms with Crippen molar-refractivity contribution < 1.29 is 24.2 Å². The summed E-state index contributed by atoms with van der Waals surface area (Å²) in [6.07, 6.45) is -0.469. The molecule has 3 N–H and O–H groups in total. The number of amides is 1. The number of aliphatic hydroxyl groups excluding tert-OH is 1. The van der Waals surface area contributed by atoms with E-state index in [1.807, 2.05) is 30.7 Å². The van der Waals surface area contributed by atoms with Crippen molar-refractivity contribution >= 4 is 28.9 Å². The second-order valence-corrected chi connectivity index (χ2v) is 7.60. The molecule has 29 heavy (non-hydrogen) atoms. The van der Waals surface area contributed by atoms with Crippen LogP contribution in [0.1, 0.15) is 36.7 Å². The summed E-state index contributed by atoms with van der Waals surface area (Å²) in [6, 6.07) is 6.91. The largest absolute Gasteiger partial charge is 0.490 e. The fourth-order valence-electron chi connectivity index (χ4n) is 2.50. The monoisotopic (exact) mass is 420 g/mol. The third kappa shape index (κ3) is 7.84. The predicted octanol–water partition coefficient (Wildman–Crippen LogP) is 2.84. The van der Waals surface area contributed by atoms with Crippen molar-refractivity contribution in [2.45, 2.75) is 39.3 Å². The molecule has 0 aliphatic rings. The molecule has 1 amide bonds. The number of benzene rings is 1. The molecule has 1 unspecified atom stereocenters. The van der Waals surface area contributed by atoms with Crippen LogP contribution in [0.5, 0.6) is 5.75 Å². The molecule has 8 heteroatoms. The van der Waals surface area contributed by atoms with Gasteiger partial charge in [0.25, 0.3) is 0 Å². The van der Waals surface area contributed by atoms with E-state index in [9.17, 15) is 14.7 Å². The average molecular weight is 421 g/mol. The third-order valence-corrected chi connectivity index (χ3v) is 4.63. The Bertz CT molecular complexity index is 792. The first kappa shape index (κ1) is 22.9. The summed E-state index contributed by atoms with van der Waals surface area (Å²) in [5.74, 6) is -0.434. The zero-order valence-electron chi connectivity index (χ0n) is 16.9. The number of ether oxygens (including phenoxy) is 2. The van der Waals surface area contributed by atoms with Crippen molar-refractivity contribution in [2.75, 3.05) is 25.1 Å². The highest BCUT2D eigenvalue weighted by atomic mass is 32.1. The summed E-state index contributed by atoms with van der Waals surface area (Å²) in [5.41, 5.74) is 1.61. The molecular formula is C21H28N2O5S. The maximum Gasteiger partial charge on any atom is 0.341 e. The minimum atomic E-state index is -0.725. The van der Waals surface area contributed by atoms with E-state index in [1.54, 1.807) is 19.1 Å². The SMILES string of the molecule is CCOC(=O)c1cc(NC(=O)Cc2ccsc2)ccc1OCC(O)CNC(C)C. The number of rotatable bonds is 11. The second kappa shape index (κ2) is 11.5. The average Bonchev–Trinajstić information content (AvgIpc) is 3.18. The van der Waals surface area contributed by atoms with E-state index >= 15 is 0 Å². The smallest absolute Gasteiger partial charge is 0.341 e. The van der Waals surface area contributed by atoms with E-state index in [0.717, 1.165) is 5.56 Å². The van der Waals surface area contributed by atoms with E-state index in [4.69, 9.17) is 9.47 Å². The molecule has 1 heterocycles. The predicted molar refractivity (Wildman–Crippen MR) is 114 cm³/mol. The van der Waals surface area contributed by atoms with Crippen LogP contribution in [-0.2, 0) is 16.0 Å². The molecule has 1 aromatic heterocycles. The molecular weight excluding hydrogens is 392 g/mol. The summed E-state index contributed by atoms with van der Waals surface area (Å²) in [6.45, 7) is 6.30. The molecule has 7 nitrogen and oxygen atoms in total. The zero-order chi connectivity index (χ0) is 21.2. The number of carbonyl (C=O) groups excluding carboxylic acids is 2. The van der Waals surface area contributed by atoms with Gasteiger partial charge in [-0.3, -0.25) is 4.79 Å². The number of thiophene rings is 1. The topological polar surface area (TPSA) is 96.9 Å². The lowest BCUT2D eigenvalue weighted by atomic mass is 10.1. The lowest BCUT2D eigenvalue weighted by Gasteiger charge is -2.17. The van der Waals surface area contributed by atoms with Crippen LogP contribution in [0.3, 0.4) is 0 Å². The van der Waals surface area contributed by atoms with Crippen LogP contribution in [0.4, 0.5) is 5.69 Å². The Labute approximate surface area is 175 Å². The summed E-state index contributed by atoms with van der Waals surface area (Å²) >= 11 is 1.53. The molecule has 1 atom stereocenters. The van der Waals surface area contributed by atoms with Gasteiger partial charge in [-0.1, -0.05) is 13.8 Å². The van der Waals surface area contributed by atoms with Gasteiger partial charge in [-0.25, -0.2) is 4.79 Å². The Hall–Kier alpha value is -2.42. The van der Waals surface area contributed by atoms with E-state index in [2.05, 4.69) is 10.6 Å². The number of anilines is 1. The number of carbonyl (C=O) groups is 2. The molecule has 0 fully saturated rings. The van der Waals surface area contributed by atoms with Gasteiger partial charge in [0.05, 0.1) is 13.0 Å². The Morgan fingerprint density at radius 1 is 1.24 bits per heavy atom. The highest BCUT2D eigenvalue weighted by Crippen LogP contribution is 2.24. The van der Waals surface area contributed by atoms with Gasteiger partial charge in [-0.05, 0) is 47.5 Å². The van der Waals surface area contributed by atoms with Crippen molar-refractivity contribution in [2.24, 2.45) is 0 Å².